The number of hydrogen-bond donors (Lipinski definition) is 1. The molecule has 0 fully saturated rings. The molecule has 2 aromatic rings. The van der Waals surface area contributed by atoms with Crippen LogP contribution in [0.3, 0.4) is 0 Å². The summed E-state index contributed by atoms with van der Waals surface area (Å²) in [4.78, 5) is 13.7. The Kier molecular flexibility index (Phi) is 5.76. The molecule has 0 spiro atoms. The molecule has 1 heterocycles. The van der Waals surface area contributed by atoms with E-state index in [-0.39, 0.29) is 5.91 Å². The van der Waals surface area contributed by atoms with Gasteiger partial charge in [-0.3, -0.25) is 4.79 Å². The van der Waals surface area contributed by atoms with Crippen LogP contribution >= 0.6 is 34.5 Å². The highest BCUT2D eigenvalue weighted by atomic mass is 35.5. The van der Waals surface area contributed by atoms with E-state index in [2.05, 4.69) is 18.3 Å². The van der Waals surface area contributed by atoms with Crippen LogP contribution in [-0.2, 0) is 17.6 Å². The second kappa shape index (κ2) is 7.87. The molecule has 4 nitrogen and oxygen atoms in total. The Morgan fingerprint density at radius 1 is 1.46 bits per heavy atom. The van der Waals surface area contributed by atoms with Gasteiger partial charge in [-0.25, -0.2) is 0 Å². The van der Waals surface area contributed by atoms with E-state index in [1.165, 1.54) is 16.2 Å². The molecular weight excluding hydrogens is 391 g/mol. The lowest BCUT2D eigenvalue weighted by atomic mass is 9.88. The lowest BCUT2D eigenvalue weighted by molar-refractivity contribution is -0.122. The van der Waals surface area contributed by atoms with Crippen molar-refractivity contribution < 1.29 is 9.53 Å². The van der Waals surface area contributed by atoms with Crippen LogP contribution in [0.2, 0.25) is 10.0 Å². The molecule has 1 N–H and O–H groups in total. The minimum absolute atomic E-state index is 0.320. The van der Waals surface area contributed by atoms with Gasteiger partial charge in [0.25, 0.3) is 5.91 Å². The molecule has 0 aliphatic heterocycles. The summed E-state index contributed by atoms with van der Waals surface area (Å²) in [6.07, 6.45) is 2.15. The number of amides is 1. The van der Waals surface area contributed by atoms with E-state index < -0.39 is 6.10 Å². The Morgan fingerprint density at radius 3 is 2.92 bits per heavy atom. The van der Waals surface area contributed by atoms with Gasteiger partial charge in [0.15, 0.2) is 6.10 Å². The van der Waals surface area contributed by atoms with E-state index in [0.717, 1.165) is 24.8 Å². The molecule has 0 bridgehead atoms. The maximum atomic E-state index is 12.5. The van der Waals surface area contributed by atoms with Gasteiger partial charge < -0.3 is 10.1 Å². The number of carbonyl (C=O) groups excluding carboxylic acids is 1. The van der Waals surface area contributed by atoms with E-state index >= 15 is 0 Å². The Labute approximate surface area is 166 Å². The van der Waals surface area contributed by atoms with Gasteiger partial charge in [0.1, 0.15) is 16.8 Å². The van der Waals surface area contributed by atoms with Gasteiger partial charge in [-0.05, 0) is 55.9 Å². The summed E-state index contributed by atoms with van der Waals surface area (Å²) in [6.45, 7) is 3.85. The highest BCUT2D eigenvalue weighted by Gasteiger charge is 2.26. The van der Waals surface area contributed by atoms with E-state index in [0.29, 0.717) is 32.3 Å². The highest BCUT2D eigenvalue weighted by Crippen LogP contribution is 2.39. The molecule has 136 valence electrons. The van der Waals surface area contributed by atoms with E-state index in [4.69, 9.17) is 27.9 Å². The van der Waals surface area contributed by atoms with Crippen LogP contribution in [-0.4, -0.2) is 12.0 Å². The van der Waals surface area contributed by atoms with Gasteiger partial charge >= 0.3 is 0 Å². The van der Waals surface area contributed by atoms with Gasteiger partial charge in [0.2, 0.25) is 0 Å². The largest absolute Gasteiger partial charge is 0.479 e. The van der Waals surface area contributed by atoms with Crippen LogP contribution in [0.1, 0.15) is 36.3 Å². The summed E-state index contributed by atoms with van der Waals surface area (Å²) < 4.78 is 5.65. The number of hydrogen-bond acceptors (Lipinski definition) is 4. The fourth-order valence-corrected chi connectivity index (χ4v) is 4.80. The van der Waals surface area contributed by atoms with E-state index in [1.807, 2.05) is 0 Å². The maximum Gasteiger partial charge on any atom is 0.265 e. The number of carbonyl (C=O) groups is 1. The molecule has 1 amide bonds. The molecule has 2 atom stereocenters. The van der Waals surface area contributed by atoms with Crippen LogP contribution in [0.5, 0.6) is 5.75 Å². The first-order valence-corrected chi connectivity index (χ1v) is 9.93. The SMILES string of the molecule is C[C@@H]1CCc2c(sc(NC(=O)[C@H](C)Oc3ccc(Cl)cc3Cl)c2C#N)C1. The lowest BCUT2D eigenvalue weighted by Gasteiger charge is -2.17. The number of nitrogens with zero attached hydrogens (tertiary/aromatic N) is 1. The number of fused-ring (bicyclic) bond motifs is 1. The quantitative estimate of drug-likeness (QED) is 0.730. The lowest BCUT2D eigenvalue weighted by Crippen LogP contribution is -2.30. The zero-order valence-electron chi connectivity index (χ0n) is 14.4. The molecule has 0 saturated heterocycles. The average molecular weight is 409 g/mol. The molecule has 1 aliphatic rings. The third-order valence-corrected chi connectivity index (χ3v) is 6.13. The fraction of sp³-hybridized carbons (Fsp3) is 0.368. The average Bonchev–Trinajstić information content (AvgIpc) is 2.93. The van der Waals surface area contributed by atoms with Crippen molar-refractivity contribution in [2.24, 2.45) is 5.92 Å². The predicted octanol–water partition coefficient (Wildman–Crippen LogP) is 5.46. The van der Waals surface area contributed by atoms with Crippen molar-refractivity contribution in [2.75, 3.05) is 5.32 Å². The minimum Gasteiger partial charge on any atom is -0.479 e. The molecule has 0 unspecified atom stereocenters. The molecule has 3 rings (SSSR count). The summed E-state index contributed by atoms with van der Waals surface area (Å²) >= 11 is 13.4. The topological polar surface area (TPSA) is 62.1 Å². The number of ether oxygens (including phenoxy) is 1. The normalized spacial score (nSPS) is 17.1. The molecule has 1 aromatic carbocycles. The van der Waals surface area contributed by atoms with Gasteiger partial charge in [-0.2, -0.15) is 5.26 Å². The summed E-state index contributed by atoms with van der Waals surface area (Å²) in [7, 11) is 0. The number of benzene rings is 1. The van der Waals surface area contributed by atoms with Crippen molar-refractivity contribution in [1.29, 1.82) is 5.26 Å². The second-order valence-electron chi connectivity index (χ2n) is 6.49. The summed E-state index contributed by atoms with van der Waals surface area (Å²) in [6, 6.07) is 7.08. The molecule has 0 radical (unpaired) electrons. The monoisotopic (exact) mass is 408 g/mol. The van der Waals surface area contributed by atoms with Crippen molar-refractivity contribution in [3.8, 4) is 11.8 Å². The van der Waals surface area contributed by atoms with E-state index in [9.17, 15) is 10.1 Å². The smallest absolute Gasteiger partial charge is 0.265 e. The zero-order valence-corrected chi connectivity index (χ0v) is 16.8. The summed E-state index contributed by atoms with van der Waals surface area (Å²) in [5.74, 6) is 0.670. The van der Waals surface area contributed by atoms with Gasteiger partial charge in [-0.15, -0.1) is 11.3 Å². The van der Waals surface area contributed by atoms with Crippen molar-refractivity contribution >= 4 is 45.4 Å². The molecule has 7 heteroatoms. The summed E-state index contributed by atoms with van der Waals surface area (Å²) in [5, 5.41) is 13.8. The van der Waals surface area contributed by atoms with Gasteiger partial charge in [0.05, 0.1) is 10.6 Å². The third kappa shape index (κ3) is 3.98. The Bertz CT molecular complexity index is 888. The zero-order chi connectivity index (χ0) is 18.8. The highest BCUT2D eigenvalue weighted by molar-refractivity contribution is 7.16. The van der Waals surface area contributed by atoms with Crippen LogP contribution in [0.25, 0.3) is 0 Å². The van der Waals surface area contributed by atoms with Gasteiger partial charge in [0, 0.05) is 9.90 Å². The van der Waals surface area contributed by atoms with Crippen LogP contribution in [0, 0.1) is 17.2 Å². The van der Waals surface area contributed by atoms with Crippen molar-refractivity contribution in [1.82, 2.24) is 0 Å². The second-order valence-corrected chi connectivity index (χ2v) is 8.44. The van der Waals surface area contributed by atoms with Crippen molar-refractivity contribution in [3.05, 3.63) is 44.2 Å². The molecule has 26 heavy (non-hydrogen) atoms. The molecular formula is C19H18Cl2N2O2S. The Morgan fingerprint density at radius 2 is 2.23 bits per heavy atom. The van der Waals surface area contributed by atoms with E-state index in [1.54, 1.807) is 25.1 Å². The number of rotatable bonds is 4. The minimum atomic E-state index is -0.765. The maximum absolute atomic E-state index is 12.5. The van der Waals surface area contributed by atoms with Crippen LogP contribution in [0.4, 0.5) is 5.00 Å². The first-order valence-electron chi connectivity index (χ1n) is 8.36. The molecule has 0 saturated carbocycles. The number of halogens is 2. The van der Waals surface area contributed by atoms with Crippen LogP contribution in [0.15, 0.2) is 18.2 Å². The van der Waals surface area contributed by atoms with Gasteiger partial charge in [-0.1, -0.05) is 30.1 Å². The summed E-state index contributed by atoms with van der Waals surface area (Å²) in [5.41, 5.74) is 1.67. The predicted molar refractivity (Wildman–Crippen MR) is 105 cm³/mol. The van der Waals surface area contributed by atoms with Crippen molar-refractivity contribution in [2.45, 2.75) is 39.2 Å². The fourth-order valence-electron chi connectivity index (χ4n) is 2.99. The van der Waals surface area contributed by atoms with Crippen molar-refractivity contribution in [3.63, 3.8) is 0 Å². The first kappa shape index (κ1) is 19.0. The first-order chi connectivity index (χ1) is 12.4. The third-order valence-electron chi connectivity index (χ3n) is 4.43. The standard InChI is InChI=1S/C19H18Cl2N2O2S/c1-10-3-5-13-14(9-22)19(26-17(13)7-10)23-18(24)11(2)25-16-6-4-12(20)8-15(16)21/h4,6,8,10-11H,3,5,7H2,1-2H3,(H,23,24)/t10-,11+/m1/s1. The molecule has 1 aliphatic carbocycles. The Hall–Kier alpha value is -1.74. The van der Waals surface area contributed by atoms with Crippen LogP contribution < -0.4 is 10.1 Å². The Balaban J connectivity index is 1.74. The number of nitriles is 1. The molecule has 1 aromatic heterocycles. The number of anilines is 1. The number of thiophene rings is 1. The number of nitrogens with one attached hydrogen (secondary N) is 1.